The predicted molar refractivity (Wildman–Crippen MR) is 74.9 cm³/mol. The maximum atomic E-state index is 13.7. The van der Waals surface area contributed by atoms with Crippen LogP contribution in [-0.2, 0) is 0 Å². The minimum atomic E-state index is -0.563. The fourth-order valence-corrected chi connectivity index (χ4v) is 1.96. The van der Waals surface area contributed by atoms with Crippen molar-refractivity contribution in [3.05, 3.63) is 71.0 Å². The van der Waals surface area contributed by atoms with Crippen LogP contribution in [0.4, 0.5) is 4.39 Å². The average molecular weight is 273 g/mol. The number of hydrogen-bond acceptors (Lipinski definition) is 2. The van der Waals surface area contributed by atoms with E-state index in [1.807, 2.05) is 18.2 Å². The molecule has 0 radical (unpaired) electrons. The molecule has 0 saturated carbocycles. The number of aliphatic hydroxyl groups excluding tert-OH is 1. The lowest BCUT2D eigenvalue weighted by molar-refractivity contribution is 0.0912. The summed E-state index contributed by atoms with van der Waals surface area (Å²) < 4.78 is 13.7. The molecule has 0 spiro atoms. The van der Waals surface area contributed by atoms with Crippen LogP contribution >= 0.6 is 0 Å². The van der Waals surface area contributed by atoms with Gasteiger partial charge in [0.25, 0.3) is 5.91 Å². The maximum Gasteiger partial charge on any atom is 0.254 e. The van der Waals surface area contributed by atoms with Crippen LogP contribution in [-0.4, -0.2) is 17.6 Å². The first-order chi connectivity index (χ1) is 9.61. The quantitative estimate of drug-likeness (QED) is 0.899. The molecule has 2 aromatic carbocycles. The van der Waals surface area contributed by atoms with Crippen molar-refractivity contribution in [2.45, 2.75) is 13.0 Å². The molecule has 0 aromatic heterocycles. The van der Waals surface area contributed by atoms with Gasteiger partial charge in [-0.25, -0.2) is 4.39 Å². The van der Waals surface area contributed by atoms with Gasteiger partial charge in [0, 0.05) is 0 Å². The van der Waals surface area contributed by atoms with Gasteiger partial charge in [0.1, 0.15) is 5.82 Å². The maximum absolute atomic E-state index is 13.7. The van der Waals surface area contributed by atoms with E-state index in [1.54, 1.807) is 25.1 Å². The summed E-state index contributed by atoms with van der Waals surface area (Å²) in [5, 5.41) is 12.0. The molecule has 0 aliphatic carbocycles. The van der Waals surface area contributed by atoms with Gasteiger partial charge in [0.2, 0.25) is 0 Å². The average Bonchev–Trinajstić information content (AvgIpc) is 2.45. The van der Waals surface area contributed by atoms with E-state index in [1.165, 1.54) is 12.1 Å². The van der Waals surface area contributed by atoms with Crippen molar-refractivity contribution in [3.8, 4) is 0 Å². The third-order valence-electron chi connectivity index (χ3n) is 3.06. The molecule has 0 fully saturated rings. The number of halogens is 1. The lowest BCUT2D eigenvalue weighted by Gasteiger charge is -2.17. The van der Waals surface area contributed by atoms with E-state index in [0.29, 0.717) is 0 Å². The second kappa shape index (κ2) is 6.30. The second-order valence-electron chi connectivity index (χ2n) is 4.60. The summed E-state index contributed by atoms with van der Waals surface area (Å²) in [5.41, 5.74) is 1.50. The normalized spacial score (nSPS) is 11.9. The molecule has 0 saturated heterocycles. The predicted octanol–water partition coefficient (Wildman–Crippen LogP) is 2.60. The zero-order valence-corrected chi connectivity index (χ0v) is 11.1. The third-order valence-corrected chi connectivity index (χ3v) is 3.06. The molecule has 3 nitrogen and oxygen atoms in total. The van der Waals surface area contributed by atoms with Crippen LogP contribution in [0.1, 0.15) is 27.5 Å². The molecule has 0 bridgehead atoms. The lowest BCUT2D eigenvalue weighted by atomic mass is 10.1. The number of hydrogen-bond donors (Lipinski definition) is 2. The van der Waals surface area contributed by atoms with Gasteiger partial charge in [-0.2, -0.15) is 0 Å². The highest BCUT2D eigenvalue weighted by Crippen LogP contribution is 2.15. The number of nitrogens with one attached hydrogen (secondary N) is 1. The summed E-state index contributed by atoms with van der Waals surface area (Å²) in [6.45, 7) is 1.51. The van der Waals surface area contributed by atoms with Gasteiger partial charge in [0.05, 0.1) is 18.2 Å². The van der Waals surface area contributed by atoms with Crippen molar-refractivity contribution in [1.82, 2.24) is 5.32 Å². The largest absolute Gasteiger partial charge is 0.394 e. The summed E-state index contributed by atoms with van der Waals surface area (Å²) in [7, 11) is 0. The fraction of sp³-hybridized carbons (Fsp3) is 0.188. The fourth-order valence-electron chi connectivity index (χ4n) is 1.96. The minimum Gasteiger partial charge on any atom is -0.394 e. The number of aliphatic hydroxyl groups is 1. The number of benzene rings is 2. The molecule has 0 heterocycles. The van der Waals surface area contributed by atoms with Crippen LogP contribution in [0.5, 0.6) is 0 Å². The van der Waals surface area contributed by atoms with Crippen molar-refractivity contribution in [2.75, 3.05) is 6.61 Å². The summed E-state index contributed by atoms with van der Waals surface area (Å²) in [5.74, 6) is -1.10. The van der Waals surface area contributed by atoms with Crippen LogP contribution in [0, 0.1) is 12.7 Å². The highest BCUT2D eigenvalue weighted by molar-refractivity contribution is 5.94. The first-order valence-corrected chi connectivity index (χ1v) is 6.34. The van der Waals surface area contributed by atoms with E-state index in [9.17, 15) is 14.3 Å². The molecule has 1 amide bonds. The summed E-state index contributed by atoms with van der Waals surface area (Å²) in [4.78, 5) is 12.1. The van der Waals surface area contributed by atoms with Crippen LogP contribution in [0.2, 0.25) is 0 Å². The smallest absolute Gasteiger partial charge is 0.254 e. The molecule has 2 aromatic rings. The Morgan fingerprint density at radius 3 is 2.55 bits per heavy atom. The van der Waals surface area contributed by atoms with Crippen molar-refractivity contribution in [2.24, 2.45) is 0 Å². The molecule has 104 valence electrons. The molecule has 20 heavy (non-hydrogen) atoms. The van der Waals surface area contributed by atoms with Gasteiger partial charge >= 0.3 is 0 Å². The monoisotopic (exact) mass is 273 g/mol. The van der Waals surface area contributed by atoms with Crippen LogP contribution < -0.4 is 5.32 Å². The first kappa shape index (κ1) is 14.2. The van der Waals surface area contributed by atoms with Gasteiger partial charge < -0.3 is 10.4 Å². The van der Waals surface area contributed by atoms with E-state index in [4.69, 9.17) is 0 Å². The van der Waals surface area contributed by atoms with Crippen LogP contribution in [0.15, 0.2) is 48.5 Å². The SMILES string of the molecule is Cc1ccc(C(=O)N[C@H](CO)c2ccccc2)c(F)c1. The Kier molecular flexibility index (Phi) is 4.48. The van der Waals surface area contributed by atoms with Crippen molar-refractivity contribution in [3.63, 3.8) is 0 Å². The Labute approximate surface area is 117 Å². The number of rotatable bonds is 4. The van der Waals surface area contributed by atoms with E-state index in [0.717, 1.165) is 11.1 Å². The Balaban J connectivity index is 2.17. The highest BCUT2D eigenvalue weighted by atomic mass is 19.1. The number of carbonyl (C=O) groups excluding carboxylic acids is 1. The zero-order chi connectivity index (χ0) is 14.5. The number of carbonyl (C=O) groups is 1. The Morgan fingerprint density at radius 2 is 1.95 bits per heavy atom. The Hall–Kier alpha value is -2.20. The molecule has 0 unspecified atom stereocenters. The number of aryl methyl sites for hydroxylation is 1. The third kappa shape index (κ3) is 3.22. The summed E-state index contributed by atoms with van der Waals surface area (Å²) in [6, 6.07) is 13.0. The number of amides is 1. The second-order valence-corrected chi connectivity index (χ2v) is 4.60. The van der Waals surface area contributed by atoms with Gasteiger partial charge in [-0.05, 0) is 30.2 Å². The van der Waals surface area contributed by atoms with Crippen molar-refractivity contribution in [1.29, 1.82) is 0 Å². The molecular formula is C16H16FNO2. The zero-order valence-electron chi connectivity index (χ0n) is 11.1. The molecule has 0 aliphatic heterocycles. The summed E-state index contributed by atoms with van der Waals surface area (Å²) >= 11 is 0. The van der Waals surface area contributed by atoms with E-state index in [2.05, 4.69) is 5.32 Å². The van der Waals surface area contributed by atoms with Crippen molar-refractivity contribution >= 4 is 5.91 Å². The minimum absolute atomic E-state index is 0.0232. The topological polar surface area (TPSA) is 49.3 Å². The Morgan fingerprint density at radius 1 is 1.25 bits per heavy atom. The van der Waals surface area contributed by atoms with Gasteiger partial charge in [-0.1, -0.05) is 36.4 Å². The molecule has 2 rings (SSSR count). The molecule has 0 aliphatic rings. The molecule has 2 N–H and O–H groups in total. The molecule has 4 heteroatoms. The summed E-state index contributed by atoms with van der Waals surface area (Å²) in [6.07, 6.45) is 0. The standard InChI is InChI=1S/C16H16FNO2/c1-11-7-8-13(14(17)9-11)16(20)18-15(10-19)12-5-3-2-4-6-12/h2-9,15,19H,10H2,1H3,(H,18,20)/t15-/m1/s1. The van der Waals surface area contributed by atoms with E-state index >= 15 is 0 Å². The van der Waals surface area contributed by atoms with Gasteiger partial charge in [-0.15, -0.1) is 0 Å². The van der Waals surface area contributed by atoms with E-state index < -0.39 is 17.8 Å². The first-order valence-electron chi connectivity index (χ1n) is 6.34. The van der Waals surface area contributed by atoms with E-state index in [-0.39, 0.29) is 12.2 Å². The lowest BCUT2D eigenvalue weighted by Crippen LogP contribution is -2.31. The van der Waals surface area contributed by atoms with Crippen molar-refractivity contribution < 1.29 is 14.3 Å². The van der Waals surface area contributed by atoms with Crippen LogP contribution in [0.25, 0.3) is 0 Å². The molecule has 1 atom stereocenters. The molecular weight excluding hydrogens is 257 g/mol. The van der Waals surface area contributed by atoms with Gasteiger partial charge in [-0.3, -0.25) is 4.79 Å². The van der Waals surface area contributed by atoms with Crippen LogP contribution in [0.3, 0.4) is 0 Å². The highest BCUT2D eigenvalue weighted by Gasteiger charge is 2.17. The van der Waals surface area contributed by atoms with Gasteiger partial charge in [0.15, 0.2) is 0 Å². The Bertz CT molecular complexity index is 599.